The zero-order chi connectivity index (χ0) is 20.1. The Labute approximate surface area is 168 Å². The predicted molar refractivity (Wildman–Crippen MR) is 109 cm³/mol. The minimum absolute atomic E-state index is 0.170. The summed E-state index contributed by atoms with van der Waals surface area (Å²) in [7, 11) is 3.19. The highest BCUT2D eigenvalue weighted by molar-refractivity contribution is 7.13. The number of aromatic nitrogens is 3. The van der Waals surface area contributed by atoms with Gasteiger partial charge in [0, 0.05) is 29.7 Å². The number of hydrogen-bond donors (Lipinski definition) is 1. The monoisotopic (exact) mass is 400 g/mol. The summed E-state index contributed by atoms with van der Waals surface area (Å²) in [6, 6.07) is 7.63. The summed E-state index contributed by atoms with van der Waals surface area (Å²) in [5.41, 5.74) is 3.43. The number of aryl methyl sites for hydroxylation is 3. The average molecular weight is 401 g/mol. The number of hydrogen-bond acceptors (Lipinski definition) is 6. The lowest BCUT2D eigenvalue weighted by atomic mass is 10.2. The second-order valence-corrected chi connectivity index (χ2v) is 7.23. The molecule has 0 aliphatic rings. The van der Waals surface area contributed by atoms with Crippen molar-refractivity contribution < 1.29 is 14.3 Å². The van der Waals surface area contributed by atoms with Gasteiger partial charge in [-0.15, -0.1) is 11.3 Å². The first-order valence-corrected chi connectivity index (χ1v) is 9.87. The van der Waals surface area contributed by atoms with Crippen LogP contribution in [0.1, 0.15) is 28.3 Å². The molecule has 2 heterocycles. The van der Waals surface area contributed by atoms with Crippen molar-refractivity contribution in [3.8, 4) is 22.1 Å². The zero-order valence-electron chi connectivity index (χ0n) is 16.5. The van der Waals surface area contributed by atoms with E-state index in [1.54, 1.807) is 19.6 Å². The van der Waals surface area contributed by atoms with Crippen molar-refractivity contribution in [2.24, 2.45) is 0 Å². The van der Waals surface area contributed by atoms with Crippen LogP contribution in [0.15, 0.2) is 29.6 Å². The minimum atomic E-state index is -0.170. The first kappa shape index (κ1) is 19.9. The molecule has 0 atom stereocenters. The van der Waals surface area contributed by atoms with Crippen LogP contribution in [-0.2, 0) is 6.54 Å². The lowest BCUT2D eigenvalue weighted by molar-refractivity contribution is 0.0948. The quantitative estimate of drug-likeness (QED) is 0.586. The number of ether oxygens (including phenoxy) is 2. The number of methoxy groups -OCH3 is 2. The van der Waals surface area contributed by atoms with Gasteiger partial charge in [-0.2, -0.15) is 5.10 Å². The molecule has 3 rings (SSSR count). The van der Waals surface area contributed by atoms with Gasteiger partial charge in [-0.05, 0) is 44.5 Å². The predicted octanol–water partition coefficient (Wildman–Crippen LogP) is 3.46. The third-order valence-electron chi connectivity index (χ3n) is 4.30. The fourth-order valence-corrected chi connectivity index (χ4v) is 3.70. The molecule has 0 saturated carbocycles. The topological polar surface area (TPSA) is 78.3 Å². The Morgan fingerprint density at radius 1 is 1.18 bits per heavy atom. The van der Waals surface area contributed by atoms with Gasteiger partial charge in [0.25, 0.3) is 5.91 Å². The molecule has 148 valence electrons. The number of benzene rings is 1. The van der Waals surface area contributed by atoms with Gasteiger partial charge in [0.1, 0.15) is 10.7 Å². The molecule has 0 saturated heterocycles. The van der Waals surface area contributed by atoms with E-state index in [9.17, 15) is 4.79 Å². The fourth-order valence-electron chi connectivity index (χ4n) is 2.90. The molecule has 8 heteroatoms. The molecule has 0 spiro atoms. The molecule has 2 aromatic heterocycles. The molecule has 0 radical (unpaired) electrons. The second kappa shape index (κ2) is 8.88. The lowest BCUT2D eigenvalue weighted by Gasteiger charge is -2.08. The first-order valence-electron chi connectivity index (χ1n) is 8.99. The summed E-state index contributed by atoms with van der Waals surface area (Å²) in [4.78, 5) is 16.8. The SMILES string of the molecule is COc1ccc(-c2nc(C(=O)NCCCn3nc(C)cc3C)cs2)cc1OC. The maximum atomic E-state index is 12.4. The summed E-state index contributed by atoms with van der Waals surface area (Å²) in [5, 5.41) is 9.87. The van der Waals surface area contributed by atoms with Crippen molar-refractivity contribution in [1.29, 1.82) is 0 Å². The highest BCUT2D eigenvalue weighted by Crippen LogP contribution is 2.33. The van der Waals surface area contributed by atoms with E-state index in [0.717, 1.165) is 34.9 Å². The van der Waals surface area contributed by atoms with Gasteiger partial charge in [0.05, 0.1) is 19.9 Å². The van der Waals surface area contributed by atoms with E-state index in [0.29, 0.717) is 23.7 Å². The Morgan fingerprint density at radius 2 is 1.96 bits per heavy atom. The van der Waals surface area contributed by atoms with Gasteiger partial charge in [-0.3, -0.25) is 9.48 Å². The van der Waals surface area contributed by atoms with Gasteiger partial charge in [0.15, 0.2) is 11.5 Å². The lowest BCUT2D eigenvalue weighted by Crippen LogP contribution is -2.25. The van der Waals surface area contributed by atoms with Crippen molar-refractivity contribution in [1.82, 2.24) is 20.1 Å². The van der Waals surface area contributed by atoms with E-state index < -0.39 is 0 Å². The molecule has 0 bridgehead atoms. The summed E-state index contributed by atoms with van der Waals surface area (Å²) in [6.45, 7) is 5.35. The number of nitrogens with one attached hydrogen (secondary N) is 1. The Bertz CT molecular complexity index is 964. The molecular formula is C20H24N4O3S. The number of carbonyl (C=O) groups is 1. The van der Waals surface area contributed by atoms with Crippen LogP contribution in [0.4, 0.5) is 0 Å². The van der Waals surface area contributed by atoms with Crippen LogP contribution in [0.5, 0.6) is 11.5 Å². The molecule has 0 aliphatic carbocycles. The second-order valence-electron chi connectivity index (χ2n) is 6.37. The fraction of sp³-hybridized carbons (Fsp3) is 0.350. The van der Waals surface area contributed by atoms with Crippen molar-refractivity contribution in [3.05, 3.63) is 46.7 Å². The Morgan fingerprint density at radius 3 is 2.64 bits per heavy atom. The molecule has 3 aromatic rings. The van der Waals surface area contributed by atoms with Gasteiger partial charge < -0.3 is 14.8 Å². The number of amides is 1. The summed E-state index contributed by atoms with van der Waals surface area (Å²) in [6.07, 6.45) is 0.806. The smallest absolute Gasteiger partial charge is 0.270 e. The van der Waals surface area contributed by atoms with E-state index in [1.165, 1.54) is 11.3 Å². The van der Waals surface area contributed by atoms with Crippen molar-refractivity contribution in [3.63, 3.8) is 0 Å². The third-order valence-corrected chi connectivity index (χ3v) is 5.19. The van der Waals surface area contributed by atoms with E-state index in [2.05, 4.69) is 15.4 Å². The maximum Gasteiger partial charge on any atom is 0.270 e. The van der Waals surface area contributed by atoms with Gasteiger partial charge >= 0.3 is 0 Å². The molecule has 7 nitrogen and oxygen atoms in total. The Balaban J connectivity index is 1.57. The van der Waals surface area contributed by atoms with E-state index >= 15 is 0 Å². The molecule has 0 unspecified atom stereocenters. The van der Waals surface area contributed by atoms with Crippen LogP contribution in [-0.4, -0.2) is 41.4 Å². The first-order chi connectivity index (χ1) is 13.5. The molecule has 0 fully saturated rings. The van der Waals surface area contributed by atoms with Crippen LogP contribution in [0.3, 0.4) is 0 Å². The Kier molecular flexibility index (Phi) is 6.30. The molecule has 1 aromatic carbocycles. The number of rotatable bonds is 8. The minimum Gasteiger partial charge on any atom is -0.493 e. The third kappa shape index (κ3) is 4.51. The number of carbonyl (C=O) groups excluding carboxylic acids is 1. The molecular weight excluding hydrogens is 376 g/mol. The zero-order valence-corrected chi connectivity index (χ0v) is 17.3. The van der Waals surface area contributed by atoms with Crippen molar-refractivity contribution >= 4 is 17.2 Å². The average Bonchev–Trinajstić information content (AvgIpc) is 3.31. The number of nitrogens with zero attached hydrogens (tertiary/aromatic N) is 3. The summed E-state index contributed by atoms with van der Waals surface area (Å²) >= 11 is 1.42. The summed E-state index contributed by atoms with van der Waals surface area (Å²) in [5.74, 6) is 1.12. The number of thiazole rings is 1. The van der Waals surface area contributed by atoms with Crippen LogP contribution in [0.25, 0.3) is 10.6 Å². The van der Waals surface area contributed by atoms with Gasteiger partial charge in [0.2, 0.25) is 0 Å². The molecule has 1 N–H and O–H groups in total. The standard InChI is InChI=1S/C20H24N4O3S/c1-13-10-14(2)24(23-13)9-5-8-21-19(25)16-12-28-20(22-16)15-6-7-17(26-3)18(11-15)27-4/h6-7,10-12H,5,8-9H2,1-4H3,(H,21,25). The van der Waals surface area contributed by atoms with Gasteiger partial charge in [-0.1, -0.05) is 0 Å². The normalized spacial score (nSPS) is 10.7. The van der Waals surface area contributed by atoms with E-state index in [1.807, 2.05) is 42.8 Å². The van der Waals surface area contributed by atoms with Crippen molar-refractivity contribution in [2.75, 3.05) is 20.8 Å². The highest BCUT2D eigenvalue weighted by atomic mass is 32.1. The van der Waals surface area contributed by atoms with Crippen LogP contribution in [0.2, 0.25) is 0 Å². The summed E-state index contributed by atoms with van der Waals surface area (Å²) < 4.78 is 12.5. The highest BCUT2D eigenvalue weighted by Gasteiger charge is 2.13. The van der Waals surface area contributed by atoms with E-state index in [4.69, 9.17) is 9.47 Å². The Hall–Kier alpha value is -2.87. The molecule has 28 heavy (non-hydrogen) atoms. The molecule has 1 amide bonds. The molecule has 0 aliphatic heterocycles. The van der Waals surface area contributed by atoms with Gasteiger partial charge in [-0.25, -0.2) is 4.98 Å². The van der Waals surface area contributed by atoms with Crippen LogP contribution < -0.4 is 14.8 Å². The largest absolute Gasteiger partial charge is 0.493 e. The maximum absolute atomic E-state index is 12.4. The van der Waals surface area contributed by atoms with Crippen LogP contribution in [0, 0.1) is 13.8 Å². The van der Waals surface area contributed by atoms with E-state index in [-0.39, 0.29) is 5.91 Å². The van der Waals surface area contributed by atoms with Crippen LogP contribution >= 0.6 is 11.3 Å². The van der Waals surface area contributed by atoms with Crippen molar-refractivity contribution in [2.45, 2.75) is 26.8 Å².